The first-order chi connectivity index (χ1) is 10.0. The molecule has 1 N–H and O–H groups in total. The Balaban J connectivity index is 2.18. The third-order valence-corrected chi connectivity index (χ3v) is 3.42. The van der Waals surface area contributed by atoms with E-state index in [9.17, 15) is 9.50 Å². The van der Waals surface area contributed by atoms with Crippen LogP contribution in [0.3, 0.4) is 0 Å². The minimum atomic E-state index is -0.669. The van der Waals surface area contributed by atoms with Crippen molar-refractivity contribution < 1.29 is 14.2 Å². The number of halogens is 1. The Morgan fingerprint density at radius 1 is 1.24 bits per heavy atom. The Hall–Kier alpha value is -2.07. The number of aliphatic hydroxyl groups excluding tert-OH is 1. The van der Waals surface area contributed by atoms with Crippen LogP contribution in [0, 0.1) is 5.82 Å². The van der Waals surface area contributed by atoms with Crippen LogP contribution in [0.2, 0.25) is 0 Å². The molecule has 0 fully saturated rings. The quantitative estimate of drug-likeness (QED) is 0.914. The van der Waals surface area contributed by atoms with Gasteiger partial charge in [-0.3, -0.25) is 0 Å². The summed E-state index contributed by atoms with van der Waals surface area (Å²) in [6, 6.07) is 12.5. The first-order valence-electron chi connectivity index (χ1n) is 6.83. The summed E-state index contributed by atoms with van der Waals surface area (Å²) in [6.07, 6.45) is -0.669. The Kier molecular flexibility index (Phi) is 4.81. The van der Waals surface area contributed by atoms with Crippen LogP contribution < -0.4 is 9.64 Å². The second-order valence-corrected chi connectivity index (χ2v) is 5.09. The van der Waals surface area contributed by atoms with Crippen LogP contribution >= 0.6 is 0 Å². The molecule has 21 heavy (non-hydrogen) atoms. The van der Waals surface area contributed by atoms with Crippen molar-refractivity contribution in [3.63, 3.8) is 0 Å². The average Bonchev–Trinajstić information content (AvgIpc) is 2.47. The van der Waals surface area contributed by atoms with Gasteiger partial charge in [-0.2, -0.15) is 0 Å². The van der Waals surface area contributed by atoms with E-state index in [0.717, 1.165) is 11.3 Å². The molecule has 0 bridgehead atoms. The SMILES string of the molecule is COc1cccc(CN(C)c2ccc(C(C)O)cc2F)c1. The number of nitrogens with zero attached hydrogens (tertiary/aromatic N) is 1. The number of hydrogen-bond acceptors (Lipinski definition) is 3. The third-order valence-electron chi connectivity index (χ3n) is 3.42. The van der Waals surface area contributed by atoms with Gasteiger partial charge < -0.3 is 14.7 Å². The number of hydrogen-bond donors (Lipinski definition) is 1. The van der Waals surface area contributed by atoms with Crippen LogP contribution in [0.5, 0.6) is 5.75 Å². The van der Waals surface area contributed by atoms with Gasteiger partial charge in [-0.05, 0) is 42.3 Å². The lowest BCUT2D eigenvalue weighted by molar-refractivity contribution is 0.199. The number of rotatable bonds is 5. The molecule has 112 valence electrons. The van der Waals surface area contributed by atoms with E-state index in [4.69, 9.17) is 4.74 Å². The number of anilines is 1. The van der Waals surface area contributed by atoms with Gasteiger partial charge in [-0.1, -0.05) is 18.2 Å². The van der Waals surface area contributed by atoms with E-state index < -0.39 is 6.10 Å². The van der Waals surface area contributed by atoms with E-state index in [-0.39, 0.29) is 5.82 Å². The molecule has 0 aliphatic carbocycles. The van der Waals surface area contributed by atoms with Gasteiger partial charge >= 0.3 is 0 Å². The van der Waals surface area contributed by atoms with Gasteiger partial charge in [0.1, 0.15) is 11.6 Å². The fourth-order valence-corrected chi connectivity index (χ4v) is 2.22. The molecule has 0 spiro atoms. The van der Waals surface area contributed by atoms with E-state index in [0.29, 0.717) is 17.8 Å². The summed E-state index contributed by atoms with van der Waals surface area (Å²) < 4.78 is 19.3. The minimum absolute atomic E-state index is 0.334. The van der Waals surface area contributed by atoms with Crippen molar-refractivity contribution in [2.24, 2.45) is 0 Å². The Bertz CT molecular complexity index is 613. The summed E-state index contributed by atoms with van der Waals surface area (Å²) in [5, 5.41) is 9.48. The lowest BCUT2D eigenvalue weighted by Crippen LogP contribution is -2.18. The van der Waals surface area contributed by atoms with E-state index in [1.807, 2.05) is 36.2 Å². The van der Waals surface area contributed by atoms with E-state index >= 15 is 0 Å². The van der Waals surface area contributed by atoms with Crippen molar-refractivity contribution in [3.05, 3.63) is 59.4 Å². The van der Waals surface area contributed by atoms with Crippen molar-refractivity contribution in [1.82, 2.24) is 0 Å². The van der Waals surface area contributed by atoms with Gasteiger partial charge in [0.15, 0.2) is 0 Å². The van der Waals surface area contributed by atoms with Crippen molar-refractivity contribution >= 4 is 5.69 Å². The molecule has 2 rings (SSSR count). The zero-order valence-electron chi connectivity index (χ0n) is 12.5. The summed E-state index contributed by atoms with van der Waals surface area (Å²) >= 11 is 0. The number of ether oxygens (including phenoxy) is 1. The van der Waals surface area contributed by atoms with Crippen molar-refractivity contribution in [3.8, 4) is 5.75 Å². The van der Waals surface area contributed by atoms with Gasteiger partial charge in [0.25, 0.3) is 0 Å². The predicted molar refractivity (Wildman–Crippen MR) is 82.1 cm³/mol. The van der Waals surface area contributed by atoms with Crippen LogP contribution in [0.1, 0.15) is 24.2 Å². The average molecular weight is 289 g/mol. The first kappa shape index (κ1) is 15.3. The molecular weight excluding hydrogens is 269 g/mol. The molecule has 0 saturated carbocycles. The monoisotopic (exact) mass is 289 g/mol. The minimum Gasteiger partial charge on any atom is -0.497 e. The molecule has 1 unspecified atom stereocenters. The lowest BCUT2D eigenvalue weighted by Gasteiger charge is -2.21. The summed E-state index contributed by atoms with van der Waals surface area (Å²) in [5.74, 6) is 0.449. The third kappa shape index (κ3) is 3.73. The van der Waals surface area contributed by atoms with E-state index in [1.54, 1.807) is 26.2 Å². The normalized spacial score (nSPS) is 12.0. The first-order valence-corrected chi connectivity index (χ1v) is 6.83. The van der Waals surface area contributed by atoms with Crippen LogP contribution in [0.4, 0.5) is 10.1 Å². The molecule has 2 aromatic carbocycles. The molecule has 0 radical (unpaired) electrons. The Morgan fingerprint density at radius 2 is 2.00 bits per heavy atom. The van der Waals surface area contributed by atoms with E-state index in [2.05, 4.69) is 0 Å². The Labute approximate surface area is 124 Å². The highest BCUT2D eigenvalue weighted by Gasteiger charge is 2.11. The van der Waals surface area contributed by atoms with Crippen LogP contribution in [-0.2, 0) is 6.54 Å². The molecule has 3 nitrogen and oxygen atoms in total. The van der Waals surface area contributed by atoms with Crippen molar-refractivity contribution in [2.45, 2.75) is 19.6 Å². The fourth-order valence-electron chi connectivity index (χ4n) is 2.22. The highest BCUT2D eigenvalue weighted by molar-refractivity contribution is 5.49. The van der Waals surface area contributed by atoms with Crippen molar-refractivity contribution in [2.75, 3.05) is 19.1 Å². The van der Waals surface area contributed by atoms with Gasteiger partial charge in [0.2, 0.25) is 0 Å². The van der Waals surface area contributed by atoms with Crippen molar-refractivity contribution in [1.29, 1.82) is 0 Å². The molecule has 0 aliphatic heterocycles. The molecule has 0 saturated heterocycles. The molecule has 0 aliphatic rings. The maximum absolute atomic E-state index is 14.1. The van der Waals surface area contributed by atoms with Crippen LogP contribution in [0.15, 0.2) is 42.5 Å². The molecule has 2 aromatic rings. The van der Waals surface area contributed by atoms with Gasteiger partial charge in [-0.15, -0.1) is 0 Å². The highest BCUT2D eigenvalue weighted by Crippen LogP contribution is 2.24. The van der Waals surface area contributed by atoms with E-state index in [1.165, 1.54) is 6.07 Å². The number of benzene rings is 2. The molecule has 4 heteroatoms. The summed E-state index contributed by atoms with van der Waals surface area (Å²) in [5.41, 5.74) is 2.11. The number of methoxy groups -OCH3 is 1. The summed E-state index contributed by atoms with van der Waals surface area (Å²) in [6.45, 7) is 2.19. The molecular formula is C17H20FNO2. The van der Waals surface area contributed by atoms with Crippen LogP contribution in [-0.4, -0.2) is 19.3 Å². The maximum atomic E-state index is 14.1. The predicted octanol–water partition coefficient (Wildman–Crippen LogP) is 3.52. The topological polar surface area (TPSA) is 32.7 Å². The second-order valence-electron chi connectivity index (χ2n) is 5.09. The van der Waals surface area contributed by atoms with Crippen LogP contribution in [0.25, 0.3) is 0 Å². The standard InChI is InChI=1S/C17H20FNO2/c1-12(20)14-7-8-17(16(18)10-14)19(2)11-13-5-4-6-15(9-13)21-3/h4-10,12,20H,11H2,1-3H3. The zero-order chi connectivity index (χ0) is 15.4. The largest absolute Gasteiger partial charge is 0.497 e. The fraction of sp³-hybridized carbons (Fsp3) is 0.294. The highest BCUT2D eigenvalue weighted by atomic mass is 19.1. The van der Waals surface area contributed by atoms with Gasteiger partial charge in [0.05, 0.1) is 18.9 Å². The maximum Gasteiger partial charge on any atom is 0.146 e. The lowest BCUT2D eigenvalue weighted by atomic mass is 10.1. The Morgan fingerprint density at radius 3 is 2.62 bits per heavy atom. The number of aliphatic hydroxyl groups is 1. The molecule has 1 atom stereocenters. The second kappa shape index (κ2) is 6.59. The smallest absolute Gasteiger partial charge is 0.146 e. The molecule has 0 amide bonds. The molecule has 0 aromatic heterocycles. The summed E-state index contributed by atoms with van der Waals surface area (Å²) in [7, 11) is 3.46. The zero-order valence-corrected chi connectivity index (χ0v) is 12.5. The van der Waals surface area contributed by atoms with Gasteiger partial charge in [0, 0.05) is 13.6 Å². The van der Waals surface area contributed by atoms with Gasteiger partial charge in [-0.25, -0.2) is 4.39 Å². The molecule has 0 heterocycles. The summed E-state index contributed by atoms with van der Waals surface area (Å²) in [4.78, 5) is 1.83.